The van der Waals surface area contributed by atoms with Gasteiger partial charge >= 0.3 is 5.97 Å². The molecule has 0 rings (SSSR count). The van der Waals surface area contributed by atoms with Crippen molar-refractivity contribution in [3.8, 4) is 0 Å². The first kappa shape index (κ1) is 18.2. The van der Waals surface area contributed by atoms with Gasteiger partial charge in [0.2, 0.25) is 0 Å². The van der Waals surface area contributed by atoms with Crippen molar-refractivity contribution in [1.29, 1.82) is 0 Å². The molecular formula is C17H32O2. The van der Waals surface area contributed by atoms with Crippen molar-refractivity contribution in [2.24, 2.45) is 0 Å². The Bertz CT molecular complexity index is 221. The van der Waals surface area contributed by atoms with E-state index in [1.165, 1.54) is 64.7 Å². The molecule has 0 aliphatic carbocycles. The fourth-order valence-electron chi connectivity index (χ4n) is 2.05. The number of allylic oxidation sites excluding steroid dienone is 2. The quantitative estimate of drug-likeness (QED) is 0.253. The summed E-state index contributed by atoms with van der Waals surface area (Å²) in [4.78, 5) is 10.5. The number of unbranched alkanes of at least 4 members (excludes halogenated alkanes) is 9. The second-order valence-corrected chi connectivity index (χ2v) is 5.22. The lowest BCUT2D eigenvalue weighted by molar-refractivity contribution is -0.141. The minimum absolute atomic E-state index is 0.178. The van der Waals surface area contributed by atoms with E-state index in [0.717, 1.165) is 12.8 Å². The lowest BCUT2D eigenvalue weighted by Gasteiger charge is -2.00. The van der Waals surface area contributed by atoms with Gasteiger partial charge in [-0.05, 0) is 25.7 Å². The maximum atomic E-state index is 10.5. The SMILES string of the molecule is CCCCCCCCCC/C=C\CCCOC(C)=O. The van der Waals surface area contributed by atoms with E-state index in [4.69, 9.17) is 4.74 Å². The van der Waals surface area contributed by atoms with Crippen molar-refractivity contribution in [1.82, 2.24) is 0 Å². The van der Waals surface area contributed by atoms with Crippen molar-refractivity contribution in [3.05, 3.63) is 12.2 Å². The van der Waals surface area contributed by atoms with Gasteiger partial charge in [0.15, 0.2) is 0 Å². The van der Waals surface area contributed by atoms with Crippen LogP contribution >= 0.6 is 0 Å². The summed E-state index contributed by atoms with van der Waals surface area (Å²) >= 11 is 0. The highest BCUT2D eigenvalue weighted by molar-refractivity contribution is 5.65. The Labute approximate surface area is 119 Å². The van der Waals surface area contributed by atoms with Crippen LogP contribution in [0.25, 0.3) is 0 Å². The van der Waals surface area contributed by atoms with Crippen LogP contribution in [0.3, 0.4) is 0 Å². The molecule has 0 N–H and O–H groups in total. The molecule has 0 radical (unpaired) electrons. The summed E-state index contributed by atoms with van der Waals surface area (Å²) in [6, 6.07) is 0. The Balaban J connectivity index is 3.06. The van der Waals surface area contributed by atoms with Gasteiger partial charge in [-0.15, -0.1) is 0 Å². The van der Waals surface area contributed by atoms with Crippen LogP contribution in [0.5, 0.6) is 0 Å². The minimum atomic E-state index is -0.178. The molecule has 2 nitrogen and oxygen atoms in total. The van der Waals surface area contributed by atoms with Crippen LogP contribution < -0.4 is 0 Å². The predicted octanol–water partition coefficient (Wildman–Crippen LogP) is 5.42. The van der Waals surface area contributed by atoms with Gasteiger partial charge in [-0.25, -0.2) is 0 Å². The van der Waals surface area contributed by atoms with Crippen molar-refractivity contribution in [2.45, 2.75) is 84.5 Å². The molecule has 0 heterocycles. The predicted molar refractivity (Wildman–Crippen MR) is 82.2 cm³/mol. The first-order chi connectivity index (χ1) is 9.27. The first-order valence-electron chi connectivity index (χ1n) is 8.05. The van der Waals surface area contributed by atoms with Gasteiger partial charge < -0.3 is 4.74 Å². The summed E-state index contributed by atoms with van der Waals surface area (Å²) in [6.45, 7) is 4.27. The molecule has 19 heavy (non-hydrogen) atoms. The normalized spacial score (nSPS) is 11.1. The fraction of sp³-hybridized carbons (Fsp3) is 0.824. The molecule has 0 fully saturated rings. The van der Waals surface area contributed by atoms with Crippen LogP contribution in [0.1, 0.15) is 84.5 Å². The highest BCUT2D eigenvalue weighted by atomic mass is 16.5. The zero-order chi connectivity index (χ0) is 14.2. The van der Waals surface area contributed by atoms with Gasteiger partial charge in [0, 0.05) is 6.92 Å². The Morgan fingerprint density at radius 2 is 1.37 bits per heavy atom. The molecule has 0 aromatic rings. The summed E-state index contributed by atoms with van der Waals surface area (Å²) in [5.41, 5.74) is 0. The largest absolute Gasteiger partial charge is 0.466 e. The van der Waals surface area contributed by atoms with E-state index in [1.807, 2.05) is 0 Å². The van der Waals surface area contributed by atoms with Crippen LogP contribution in [0.15, 0.2) is 12.2 Å². The van der Waals surface area contributed by atoms with Gasteiger partial charge in [0.1, 0.15) is 0 Å². The van der Waals surface area contributed by atoms with Crippen LogP contribution in [-0.2, 0) is 9.53 Å². The summed E-state index contributed by atoms with van der Waals surface area (Å²) in [5.74, 6) is -0.178. The standard InChI is InChI=1S/C17H32O2/c1-3-4-5-6-7-8-9-10-11-12-13-14-15-16-19-17(2)18/h12-13H,3-11,14-16H2,1-2H3/b13-12-. The van der Waals surface area contributed by atoms with Crippen molar-refractivity contribution < 1.29 is 9.53 Å². The maximum absolute atomic E-state index is 10.5. The van der Waals surface area contributed by atoms with E-state index in [2.05, 4.69) is 19.1 Å². The van der Waals surface area contributed by atoms with E-state index in [-0.39, 0.29) is 5.97 Å². The average Bonchev–Trinajstić information content (AvgIpc) is 2.39. The molecule has 0 saturated heterocycles. The number of hydrogen-bond donors (Lipinski definition) is 0. The van der Waals surface area contributed by atoms with Crippen molar-refractivity contribution >= 4 is 5.97 Å². The molecule has 0 spiro atoms. The highest BCUT2D eigenvalue weighted by Gasteiger charge is 1.91. The number of rotatable bonds is 13. The third-order valence-electron chi connectivity index (χ3n) is 3.21. The van der Waals surface area contributed by atoms with Gasteiger partial charge in [0.25, 0.3) is 0 Å². The summed E-state index contributed by atoms with van der Waals surface area (Å²) in [6.07, 6.45) is 18.7. The Morgan fingerprint density at radius 1 is 0.842 bits per heavy atom. The second-order valence-electron chi connectivity index (χ2n) is 5.22. The van der Waals surface area contributed by atoms with Gasteiger partial charge in [-0.3, -0.25) is 4.79 Å². The Hall–Kier alpha value is -0.790. The van der Waals surface area contributed by atoms with Gasteiger partial charge in [-0.1, -0.05) is 64.0 Å². The van der Waals surface area contributed by atoms with E-state index >= 15 is 0 Å². The molecular weight excluding hydrogens is 236 g/mol. The molecule has 0 aliphatic rings. The van der Waals surface area contributed by atoms with E-state index < -0.39 is 0 Å². The lowest BCUT2D eigenvalue weighted by atomic mass is 10.1. The third-order valence-corrected chi connectivity index (χ3v) is 3.21. The van der Waals surface area contributed by atoms with Crippen LogP contribution in [0.2, 0.25) is 0 Å². The third kappa shape index (κ3) is 17.2. The van der Waals surface area contributed by atoms with Crippen molar-refractivity contribution in [2.75, 3.05) is 6.61 Å². The molecule has 0 amide bonds. The second kappa shape index (κ2) is 15.3. The van der Waals surface area contributed by atoms with E-state index in [0.29, 0.717) is 6.61 Å². The monoisotopic (exact) mass is 268 g/mol. The van der Waals surface area contributed by atoms with Crippen LogP contribution in [-0.4, -0.2) is 12.6 Å². The zero-order valence-electron chi connectivity index (χ0n) is 13.0. The number of carbonyl (C=O) groups is 1. The van der Waals surface area contributed by atoms with Gasteiger partial charge in [0.05, 0.1) is 6.61 Å². The van der Waals surface area contributed by atoms with E-state index in [1.54, 1.807) is 0 Å². The number of hydrogen-bond acceptors (Lipinski definition) is 2. The van der Waals surface area contributed by atoms with Crippen molar-refractivity contribution in [3.63, 3.8) is 0 Å². The molecule has 0 unspecified atom stereocenters. The minimum Gasteiger partial charge on any atom is -0.466 e. The summed E-state index contributed by atoms with van der Waals surface area (Å²) in [7, 11) is 0. The maximum Gasteiger partial charge on any atom is 0.302 e. The number of ether oxygens (including phenoxy) is 1. The summed E-state index contributed by atoms with van der Waals surface area (Å²) < 4.78 is 4.87. The zero-order valence-corrected chi connectivity index (χ0v) is 13.0. The molecule has 0 bridgehead atoms. The molecule has 0 atom stereocenters. The number of esters is 1. The average molecular weight is 268 g/mol. The Kier molecular flexibility index (Phi) is 14.6. The van der Waals surface area contributed by atoms with Gasteiger partial charge in [-0.2, -0.15) is 0 Å². The molecule has 112 valence electrons. The van der Waals surface area contributed by atoms with E-state index in [9.17, 15) is 4.79 Å². The van der Waals surface area contributed by atoms with Crippen LogP contribution in [0.4, 0.5) is 0 Å². The smallest absolute Gasteiger partial charge is 0.302 e. The molecule has 0 aromatic carbocycles. The lowest BCUT2D eigenvalue weighted by Crippen LogP contribution is -1.99. The molecule has 0 aromatic heterocycles. The first-order valence-corrected chi connectivity index (χ1v) is 8.05. The fourth-order valence-corrected chi connectivity index (χ4v) is 2.05. The number of carbonyl (C=O) groups excluding carboxylic acids is 1. The molecule has 2 heteroatoms. The Morgan fingerprint density at radius 3 is 1.95 bits per heavy atom. The topological polar surface area (TPSA) is 26.3 Å². The molecule has 0 saturated carbocycles. The summed E-state index contributed by atoms with van der Waals surface area (Å²) in [5, 5.41) is 0. The molecule has 0 aliphatic heterocycles. The highest BCUT2D eigenvalue weighted by Crippen LogP contribution is 2.09. The van der Waals surface area contributed by atoms with Crippen LogP contribution in [0, 0.1) is 0 Å².